The van der Waals surface area contributed by atoms with Crippen LogP contribution in [0.1, 0.15) is 22.3 Å². The summed E-state index contributed by atoms with van der Waals surface area (Å²) in [5.74, 6) is 2.09. The Kier molecular flexibility index (Phi) is 6.38. The second-order valence-electron chi connectivity index (χ2n) is 7.61. The van der Waals surface area contributed by atoms with Gasteiger partial charge in [-0.05, 0) is 79.1 Å². The summed E-state index contributed by atoms with van der Waals surface area (Å²) in [5, 5.41) is 21.4. The largest absolute Gasteiger partial charge is 0.497 e. The highest BCUT2D eigenvalue weighted by atomic mass is 16.5. The first-order valence-corrected chi connectivity index (χ1v) is 10.5. The Hall–Kier alpha value is -4.88. The van der Waals surface area contributed by atoms with Crippen molar-refractivity contribution in [3.8, 4) is 40.6 Å². The molecule has 0 atom stereocenters. The predicted molar refractivity (Wildman–Crippen MR) is 129 cm³/mol. The molecule has 0 radical (unpaired) electrons. The van der Waals surface area contributed by atoms with Crippen LogP contribution in [0, 0.1) is 36.5 Å². The monoisotopic (exact) mass is 447 g/mol. The molecule has 0 saturated heterocycles. The molecule has 0 unspecified atom stereocenters. The molecule has 0 spiro atoms. The number of methoxy groups -OCH3 is 1. The number of ether oxygens (including phenoxy) is 2. The fourth-order valence-electron chi connectivity index (χ4n) is 3.50. The molecule has 1 N–H and O–H groups in total. The van der Waals surface area contributed by atoms with Crippen LogP contribution >= 0.6 is 0 Å². The lowest BCUT2D eigenvalue weighted by Crippen LogP contribution is -2.02. The minimum absolute atomic E-state index is 0.348. The maximum atomic E-state index is 9.26. The first kappa shape index (κ1) is 22.3. The smallest absolute Gasteiger partial charge is 0.231 e. The van der Waals surface area contributed by atoms with Crippen molar-refractivity contribution in [2.75, 3.05) is 12.4 Å². The molecule has 4 aromatic rings. The highest BCUT2D eigenvalue weighted by Gasteiger charge is 2.16. The third-order valence-electron chi connectivity index (χ3n) is 5.21. The molecule has 166 valence electrons. The van der Waals surface area contributed by atoms with Crippen LogP contribution in [0.3, 0.4) is 0 Å². The Bertz CT molecular complexity index is 1390. The molecule has 7 heteroatoms. The molecule has 0 saturated carbocycles. The first-order valence-electron chi connectivity index (χ1n) is 10.5. The molecule has 7 nitrogen and oxygen atoms in total. The maximum absolute atomic E-state index is 9.26. The van der Waals surface area contributed by atoms with E-state index in [9.17, 15) is 5.26 Å². The molecular formula is C27H21N5O2. The van der Waals surface area contributed by atoms with E-state index in [2.05, 4.69) is 27.4 Å². The van der Waals surface area contributed by atoms with E-state index in [1.54, 1.807) is 49.7 Å². The average molecular weight is 447 g/mol. The van der Waals surface area contributed by atoms with Gasteiger partial charge < -0.3 is 14.8 Å². The number of nitrogens with one attached hydrogen (secondary N) is 1. The summed E-state index contributed by atoms with van der Waals surface area (Å²) in [4.78, 5) is 9.11. The summed E-state index contributed by atoms with van der Waals surface area (Å²) >= 11 is 0. The molecule has 0 amide bonds. The van der Waals surface area contributed by atoms with Gasteiger partial charge in [0.15, 0.2) is 0 Å². The second kappa shape index (κ2) is 9.72. The van der Waals surface area contributed by atoms with Crippen LogP contribution in [-0.4, -0.2) is 17.1 Å². The first-order chi connectivity index (χ1) is 16.5. The van der Waals surface area contributed by atoms with Crippen molar-refractivity contribution in [1.29, 1.82) is 10.5 Å². The molecule has 0 aliphatic heterocycles. The van der Waals surface area contributed by atoms with E-state index >= 15 is 0 Å². The molecular weight excluding hydrogens is 426 g/mol. The third kappa shape index (κ3) is 4.79. The fraction of sp³-hybridized carbons (Fsp3) is 0.111. The Morgan fingerprint density at radius 3 is 2.09 bits per heavy atom. The number of aromatic nitrogens is 2. The van der Waals surface area contributed by atoms with Gasteiger partial charge in [0.2, 0.25) is 11.8 Å². The molecule has 0 fully saturated rings. The van der Waals surface area contributed by atoms with Crippen molar-refractivity contribution in [3.63, 3.8) is 0 Å². The van der Waals surface area contributed by atoms with Crippen LogP contribution in [0.2, 0.25) is 0 Å². The van der Waals surface area contributed by atoms with E-state index in [4.69, 9.17) is 14.7 Å². The van der Waals surface area contributed by atoms with Gasteiger partial charge in [0.25, 0.3) is 0 Å². The number of nitriles is 2. The van der Waals surface area contributed by atoms with Gasteiger partial charge in [-0.15, -0.1) is 0 Å². The van der Waals surface area contributed by atoms with E-state index in [0.29, 0.717) is 34.3 Å². The van der Waals surface area contributed by atoms with Gasteiger partial charge in [0.05, 0.1) is 35.9 Å². The molecule has 34 heavy (non-hydrogen) atoms. The quantitative estimate of drug-likeness (QED) is 0.384. The summed E-state index contributed by atoms with van der Waals surface area (Å²) in [6, 6.07) is 22.4. The molecule has 0 bridgehead atoms. The molecule has 1 heterocycles. The minimum atomic E-state index is 0.348. The van der Waals surface area contributed by atoms with Crippen molar-refractivity contribution in [2.45, 2.75) is 13.8 Å². The number of hydrogen-bond acceptors (Lipinski definition) is 7. The number of aryl methyl sites for hydroxylation is 2. The van der Waals surface area contributed by atoms with Crippen molar-refractivity contribution in [3.05, 3.63) is 89.1 Å². The van der Waals surface area contributed by atoms with E-state index in [1.807, 2.05) is 38.1 Å². The van der Waals surface area contributed by atoms with Gasteiger partial charge in [0.1, 0.15) is 11.5 Å². The number of anilines is 2. The standard InChI is InChI=1S/C27H21N5O2/c1-17-12-20(15-29)13-18(2)25(17)34-26-24(21-6-10-23(33-3)11-7-21)16-30-27(32-26)31-22-8-4-19(14-28)5-9-22/h4-13,16H,1-3H3,(H,30,31,32). The lowest BCUT2D eigenvalue weighted by atomic mass is 10.1. The Morgan fingerprint density at radius 2 is 1.50 bits per heavy atom. The normalized spacial score (nSPS) is 10.1. The van der Waals surface area contributed by atoms with Gasteiger partial charge in [-0.3, -0.25) is 0 Å². The van der Waals surface area contributed by atoms with E-state index in [-0.39, 0.29) is 0 Å². The molecule has 4 rings (SSSR count). The highest BCUT2D eigenvalue weighted by molar-refractivity contribution is 5.70. The van der Waals surface area contributed by atoms with Gasteiger partial charge in [-0.1, -0.05) is 12.1 Å². The topological polar surface area (TPSA) is 104 Å². The molecule has 0 aliphatic carbocycles. The van der Waals surface area contributed by atoms with Gasteiger partial charge in [-0.25, -0.2) is 4.98 Å². The Labute approximate surface area is 197 Å². The summed E-state index contributed by atoms with van der Waals surface area (Å²) in [7, 11) is 1.62. The summed E-state index contributed by atoms with van der Waals surface area (Å²) < 4.78 is 11.6. The number of rotatable bonds is 6. The summed E-state index contributed by atoms with van der Waals surface area (Å²) in [6.07, 6.45) is 1.70. The van der Waals surface area contributed by atoms with Crippen molar-refractivity contribution < 1.29 is 9.47 Å². The van der Waals surface area contributed by atoms with Crippen LogP contribution in [0.25, 0.3) is 11.1 Å². The van der Waals surface area contributed by atoms with Crippen molar-refractivity contribution in [1.82, 2.24) is 9.97 Å². The number of benzene rings is 3. The van der Waals surface area contributed by atoms with E-state index in [0.717, 1.165) is 28.1 Å². The van der Waals surface area contributed by atoms with Crippen LogP contribution in [0.5, 0.6) is 17.4 Å². The third-order valence-corrected chi connectivity index (χ3v) is 5.21. The zero-order valence-electron chi connectivity index (χ0n) is 19.0. The number of hydrogen-bond donors (Lipinski definition) is 1. The fourth-order valence-corrected chi connectivity index (χ4v) is 3.50. The predicted octanol–water partition coefficient (Wildman–Crippen LogP) is 6.05. The van der Waals surface area contributed by atoms with Gasteiger partial charge in [-0.2, -0.15) is 15.5 Å². The minimum Gasteiger partial charge on any atom is -0.497 e. The zero-order valence-corrected chi connectivity index (χ0v) is 19.0. The van der Waals surface area contributed by atoms with Crippen LogP contribution in [0.15, 0.2) is 66.9 Å². The van der Waals surface area contributed by atoms with E-state index < -0.39 is 0 Å². The highest BCUT2D eigenvalue weighted by Crippen LogP contribution is 2.36. The molecule has 1 aromatic heterocycles. The van der Waals surface area contributed by atoms with Crippen LogP contribution < -0.4 is 14.8 Å². The summed E-state index contributed by atoms with van der Waals surface area (Å²) in [6.45, 7) is 3.79. The Balaban J connectivity index is 1.75. The van der Waals surface area contributed by atoms with Gasteiger partial charge in [0, 0.05) is 11.9 Å². The van der Waals surface area contributed by atoms with E-state index in [1.165, 1.54) is 0 Å². The average Bonchev–Trinajstić information content (AvgIpc) is 2.87. The SMILES string of the molecule is COc1ccc(-c2cnc(Nc3ccc(C#N)cc3)nc2Oc2c(C)cc(C#N)cc2C)cc1. The summed E-state index contributed by atoms with van der Waals surface area (Å²) in [5.41, 5.74) is 5.12. The number of nitrogens with zero attached hydrogens (tertiary/aromatic N) is 4. The second-order valence-corrected chi connectivity index (χ2v) is 7.61. The molecule has 0 aliphatic rings. The van der Waals surface area contributed by atoms with Crippen LogP contribution in [-0.2, 0) is 0 Å². The zero-order chi connectivity index (χ0) is 24.1. The maximum Gasteiger partial charge on any atom is 0.231 e. The van der Waals surface area contributed by atoms with Crippen molar-refractivity contribution >= 4 is 11.6 Å². The van der Waals surface area contributed by atoms with Gasteiger partial charge >= 0.3 is 0 Å². The molecule has 3 aromatic carbocycles. The van der Waals surface area contributed by atoms with Crippen LogP contribution in [0.4, 0.5) is 11.6 Å². The lowest BCUT2D eigenvalue weighted by molar-refractivity contribution is 0.415. The van der Waals surface area contributed by atoms with Crippen molar-refractivity contribution in [2.24, 2.45) is 0 Å². The lowest BCUT2D eigenvalue weighted by Gasteiger charge is -2.16. The Morgan fingerprint density at radius 1 is 0.853 bits per heavy atom.